The van der Waals surface area contributed by atoms with Crippen LogP contribution in [0.25, 0.3) is 0 Å². The smallest absolute Gasteiger partial charge is 0.306 e. The minimum Gasteiger partial charge on any atom is -0.481 e. The van der Waals surface area contributed by atoms with Crippen LogP contribution in [-0.2, 0) is 10.2 Å². The Morgan fingerprint density at radius 1 is 1.12 bits per heavy atom. The molecule has 0 bridgehead atoms. The zero-order valence-corrected chi connectivity index (χ0v) is 13.8. The number of carboxylic acid groups (broad SMARTS) is 1. The Morgan fingerprint density at radius 3 is 2.17 bits per heavy atom. The molecule has 2 heteroatoms. The molecule has 2 aromatic rings. The molecule has 2 atom stereocenters. The standard InChI is InChI=1S/C22H23O2/c1-17(21(23)24)10-8-9-15-20-16-22(20,18-11-4-2-5-12-18)19-13-6-3-7-14-19/h2-7,9,11-15,17,20H,1,8,10,16H2,(H,23,24)/b15-9+. The molecule has 24 heavy (non-hydrogen) atoms. The Labute approximate surface area is 143 Å². The fourth-order valence-corrected chi connectivity index (χ4v) is 3.50. The third kappa shape index (κ3) is 3.28. The number of rotatable bonds is 7. The van der Waals surface area contributed by atoms with Gasteiger partial charge in [0.1, 0.15) is 0 Å². The SMILES string of the molecule is [CH2]C(CC/C=C/C1CC1(c1ccccc1)c1ccccc1)C(=O)O. The van der Waals surface area contributed by atoms with Crippen LogP contribution < -0.4 is 0 Å². The van der Waals surface area contributed by atoms with E-state index in [-0.39, 0.29) is 5.41 Å². The van der Waals surface area contributed by atoms with Crippen molar-refractivity contribution in [2.75, 3.05) is 0 Å². The average molecular weight is 319 g/mol. The lowest BCUT2D eigenvalue weighted by molar-refractivity contribution is -0.140. The van der Waals surface area contributed by atoms with Gasteiger partial charge in [-0.25, -0.2) is 0 Å². The Kier molecular flexibility index (Phi) is 4.84. The van der Waals surface area contributed by atoms with Gasteiger partial charge in [-0.15, -0.1) is 0 Å². The molecule has 123 valence electrons. The molecule has 0 saturated heterocycles. The van der Waals surface area contributed by atoms with Crippen molar-refractivity contribution in [2.45, 2.75) is 24.7 Å². The maximum absolute atomic E-state index is 10.8. The van der Waals surface area contributed by atoms with Crippen molar-refractivity contribution in [2.24, 2.45) is 11.8 Å². The number of allylic oxidation sites excluding steroid dienone is 2. The summed E-state index contributed by atoms with van der Waals surface area (Å²) >= 11 is 0. The zero-order chi connectivity index (χ0) is 17.0. The molecule has 1 fully saturated rings. The molecule has 2 aromatic carbocycles. The van der Waals surface area contributed by atoms with E-state index in [0.29, 0.717) is 12.3 Å². The van der Waals surface area contributed by atoms with E-state index < -0.39 is 11.9 Å². The summed E-state index contributed by atoms with van der Waals surface area (Å²) in [6, 6.07) is 21.3. The lowest BCUT2D eigenvalue weighted by Gasteiger charge is -2.18. The van der Waals surface area contributed by atoms with E-state index in [4.69, 9.17) is 5.11 Å². The highest BCUT2D eigenvalue weighted by Crippen LogP contribution is 2.59. The molecule has 1 radical (unpaired) electrons. The van der Waals surface area contributed by atoms with Crippen LogP contribution >= 0.6 is 0 Å². The summed E-state index contributed by atoms with van der Waals surface area (Å²) in [5.41, 5.74) is 2.77. The van der Waals surface area contributed by atoms with E-state index in [0.717, 1.165) is 12.8 Å². The minimum absolute atomic E-state index is 0.0652. The minimum atomic E-state index is -0.822. The van der Waals surface area contributed by atoms with Crippen LogP contribution in [0.2, 0.25) is 0 Å². The van der Waals surface area contributed by atoms with Crippen molar-refractivity contribution in [1.29, 1.82) is 0 Å². The van der Waals surface area contributed by atoms with Gasteiger partial charge < -0.3 is 5.11 Å². The van der Waals surface area contributed by atoms with E-state index in [1.807, 2.05) is 0 Å². The molecule has 1 N–H and O–H groups in total. The van der Waals surface area contributed by atoms with E-state index >= 15 is 0 Å². The van der Waals surface area contributed by atoms with E-state index in [9.17, 15) is 4.79 Å². The molecule has 2 unspecified atom stereocenters. The van der Waals surface area contributed by atoms with Crippen LogP contribution in [-0.4, -0.2) is 11.1 Å². The van der Waals surface area contributed by atoms with Crippen LogP contribution in [0.15, 0.2) is 72.8 Å². The summed E-state index contributed by atoms with van der Waals surface area (Å²) in [5, 5.41) is 8.90. The first-order valence-electron chi connectivity index (χ1n) is 8.48. The highest BCUT2D eigenvalue weighted by molar-refractivity contribution is 5.70. The summed E-state index contributed by atoms with van der Waals surface area (Å²) in [7, 11) is 0. The molecule has 0 spiro atoms. The number of hydrogen-bond acceptors (Lipinski definition) is 1. The quantitative estimate of drug-likeness (QED) is 0.740. The van der Waals surface area contributed by atoms with Crippen LogP contribution in [0.3, 0.4) is 0 Å². The third-order valence-corrected chi connectivity index (χ3v) is 4.99. The number of hydrogen-bond donors (Lipinski definition) is 1. The van der Waals surface area contributed by atoms with Gasteiger partial charge in [0, 0.05) is 5.41 Å². The maximum atomic E-state index is 10.8. The normalized spacial score (nSPS) is 20.0. The fourth-order valence-electron chi connectivity index (χ4n) is 3.50. The topological polar surface area (TPSA) is 37.3 Å². The van der Waals surface area contributed by atoms with Gasteiger partial charge in [-0.3, -0.25) is 4.79 Å². The van der Waals surface area contributed by atoms with Crippen molar-refractivity contribution in [3.8, 4) is 0 Å². The molecule has 1 aliphatic rings. The predicted molar refractivity (Wildman–Crippen MR) is 96.6 cm³/mol. The van der Waals surface area contributed by atoms with Crippen molar-refractivity contribution in [1.82, 2.24) is 0 Å². The number of aliphatic carboxylic acids is 1. The number of benzene rings is 2. The molecular formula is C22H23O2. The van der Waals surface area contributed by atoms with E-state index in [1.54, 1.807) is 0 Å². The highest BCUT2D eigenvalue weighted by Gasteiger charge is 2.54. The lowest BCUT2D eigenvalue weighted by Crippen LogP contribution is -2.11. The molecule has 0 heterocycles. The molecule has 0 aromatic heterocycles. The first-order valence-corrected chi connectivity index (χ1v) is 8.48. The maximum Gasteiger partial charge on any atom is 0.306 e. The zero-order valence-electron chi connectivity index (χ0n) is 13.8. The molecule has 0 aliphatic heterocycles. The van der Waals surface area contributed by atoms with Gasteiger partial charge in [0.15, 0.2) is 0 Å². The second-order valence-electron chi connectivity index (χ2n) is 6.55. The van der Waals surface area contributed by atoms with Crippen molar-refractivity contribution in [3.63, 3.8) is 0 Å². The van der Waals surface area contributed by atoms with Gasteiger partial charge in [0.05, 0.1) is 5.92 Å². The summed E-state index contributed by atoms with van der Waals surface area (Å²) in [6.45, 7) is 3.66. The molecular weight excluding hydrogens is 296 g/mol. The predicted octanol–water partition coefficient (Wildman–Crippen LogP) is 4.86. The van der Waals surface area contributed by atoms with Crippen molar-refractivity contribution < 1.29 is 9.90 Å². The number of carbonyl (C=O) groups is 1. The van der Waals surface area contributed by atoms with Crippen LogP contribution in [0.4, 0.5) is 0 Å². The van der Waals surface area contributed by atoms with Gasteiger partial charge >= 0.3 is 5.97 Å². The Hall–Kier alpha value is -2.35. The highest BCUT2D eigenvalue weighted by atomic mass is 16.4. The lowest BCUT2D eigenvalue weighted by atomic mass is 9.85. The largest absolute Gasteiger partial charge is 0.481 e. The van der Waals surface area contributed by atoms with Crippen LogP contribution in [0.1, 0.15) is 30.4 Å². The summed E-state index contributed by atoms with van der Waals surface area (Å²) in [4.78, 5) is 10.8. The molecule has 2 nitrogen and oxygen atoms in total. The van der Waals surface area contributed by atoms with Gasteiger partial charge in [0.2, 0.25) is 0 Å². The molecule has 1 aliphatic carbocycles. The summed E-state index contributed by atoms with van der Waals surface area (Å²) < 4.78 is 0. The van der Waals surface area contributed by atoms with Gasteiger partial charge in [-0.2, -0.15) is 0 Å². The van der Waals surface area contributed by atoms with Gasteiger partial charge in [0.25, 0.3) is 0 Å². The van der Waals surface area contributed by atoms with Crippen molar-refractivity contribution >= 4 is 5.97 Å². The molecule has 3 rings (SSSR count). The summed E-state index contributed by atoms with van der Waals surface area (Å²) in [6.07, 6.45) is 6.83. The van der Waals surface area contributed by atoms with Crippen LogP contribution in [0, 0.1) is 18.8 Å². The monoisotopic (exact) mass is 319 g/mol. The van der Waals surface area contributed by atoms with Crippen LogP contribution in [0.5, 0.6) is 0 Å². The second-order valence-corrected chi connectivity index (χ2v) is 6.55. The number of carboxylic acids is 1. The first-order chi connectivity index (χ1) is 11.6. The van der Waals surface area contributed by atoms with Gasteiger partial charge in [-0.05, 0) is 43.2 Å². The molecule has 0 amide bonds. The van der Waals surface area contributed by atoms with E-state index in [2.05, 4.69) is 79.7 Å². The third-order valence-electron chi connectivity index (χ3n) is 4.99. The second kappa shape index (κ2) is 7.04. The first kappa shape index (κ1) is 16.5. The Morgan fingerprint density at radius 2 is 1.67 bits per heavy atom. The molecule has 1 saturated carbocycles. The average Bonchev–Trinajstić information content (AvgIpc) is 3.35. The Bertz CT molecular complexity index is 664. The Balaban J connectivity index is 1.75. The summed E-state index contributed by atoms with van der Waals surface area (Å²) in [5.74, 6) is -0.880. The van der Waals surface area contributed by atoms with E-state index in [1.165, 1.54) is 11.1 Å². The van der Waals surface area contributed by atoms with Gasteiger partial charge in [-0.1, -0.05) is 72.8 Å². The fraction of sp³-hybridized carbons (Fsp3) is 0.273. The van der Waals surface area contributed by atoms with Crippen molar-refractivity contribution in [3.05, 3.63) is 90.9 Å².